The number of nitrogens with zero attached hydrogens (tertiary/aromatic N) is 1. The van der Waals surface area contributed by atoms with E-state index < -0.39 is 0 Å². The molecule has 0 radical (unpaired) electrons. The Kier molecular flexibility index (Phi) is 3.50. The molecule has 7 rings (SSSR count). The molecule has 1 N–H and O–H groups in total. The van der Waals surface area contributed by atoms with Gasteiger partial charge in [0.25, 0.3) is 0 Å². The molecule has 2 nitrogen and oxygen atoms in total. The minimum atomic E-state index is 1.00. The van der Waals surface area contributed by atoms with E-state index >= 15 is 0 Å². The molecule has 32 heavy (non-hydrogen) atoms. The lowest BCUT2D eigenvalue weighted by Gasteiger charge is -2.08. The number of rotatable bonds is 2. The van der Waals surface area contributed by atoms with Gasteiger partial charge in [-0.2, -0.15) is 0 Å². The summed E-state index contributed by atoms with van der Waals surface area (Å²) in [5, 5.41) is 4.94. The topological polar surface area (TPSA) is 20.7 Å². The average molecular weight is 406 g/mol. The van der Waals surface area contributed by atoms with Crippen LogP contribution in [0.1, 0.15) is 0 Å². The number of para-hydroxylation sites is 2. The van der Waals surface area contributed by atoms with Crippen molar-refractivity contribution in [2.45, 2.75) is 0 Å². The maximum absolute atomic E-state index is 3.44. The largest absolute Gasteiger partial charge is 0.348 e. The number of hydrogen-bond donors (Lipinski definition) is 1. The van der Waals surface area contributed by atoms with Crippen LogP contribution in [0.3, 0.4) is 0 Å². The van der Waals surface area contributed by atoms with Crippen LogP contribution in [0.25, 0.3) is 60.4 Å². The van der Waals surface area contributed by atoms with Gasteiger partial charge in [0.15, 0.2) is 0 Å². The quantitative estimate of drug-likeness (QED) is 0.304. The first kappa shape index (κ1) is 17.2. The molecule has 0 unspecified atom stereocenters. The molecule has 0 atom stereocenters. The molecule has 0 aliphatic rings. The van der Waals surface area contributed by atoms with E-state index in [0.717, 1.165) is 11.0 Å². The van der Waals surface area contributed by atoms with E-state index in [0.29, 0.717) is 0 Å². The third kappa shape index (κ3) is 2.43. The highest BCUT2D eigenvalue weighted by molar-refractivity contribution is 6.11. The maximum Gasteiger partial charge on any atom is 0.0981 e. The van der Waals surface area contributed by atoms with E-state index in [1.807, 2.05) is 6.07 Å². The summed E-state index contributed by atoms with van der Waals surface area (Å²) in [5.41, 5.74) is 8.19. The number of fused-ring (bicyclic) bond motifs is 6. The van der Waals surface area contributed by atoms with Crippen LogP contribution in [0.5, 0.6) is 0 Å². The molecule has 0 amide bonds. The Hall–Kier alpha value is -4.48. The minimum absolute atomic E-state index is 1.00. The Morgan fingerprint density at radius 3 is 2.25 bits per heavy atom. The molecule has 2 heterocycles. The van der Waals surface area contributed by atoms with E-state index in [1.54, 1.807) is 0 Å². The van der Waals surface area contributed by atoms with Gasteiger partial charge in [-0.3, -0.25) is 0 Å². The molecule has 0 aliphatic carbocycles. The van der Waals surface area contributed by atoms with Gasteiger partial charge in [0.1, 0.15) is 0 Å². The van der Waals surface area contributed by atoms with Crippen molar-refractivity contribution in [2.75, 3.05) is 0 Å². The summed E-state index contributed by atoms with van der Waals surface area (Å²) in [5.74, 6) is 0. The first-order valence-corrected chi connectivity index (χ1v) is 10.8. The minimum Gasteiger partial charge on any atom is -0.348 e. The molecule has 0 spiro atoms. The van der Waals surface area contributed by atoms with Crippen molar-refractivity contribution in [3.8, 4) is 16.8 Å². The fraction of sp³-hybridized carbons (Fsp3) is 0. The van der Waals surface area contributed by atoms with Crippen LogP contribution in [0.15, 0.2) is 103 Å². The zero-order valence-corrected chi connectivity index (χ0v) is 17.3. The first-order valence-electron chi connectivity index (χ1n) is 10.8. The van der Waals surface area contributed by atoms with Gasteiger partial charge in [-0.05, 0) is 71.8 Å². The molecule has 148 valence electrons. The zero-order valence-electron chi connectivity index (χ0n) is 17.3. The van der Waals surface area contributed by atoms with E-state index in [1.165, 1.54) is 49.4 Å². The van der Waals surface area contributed by atoms with Crippen molar-refractivity contribution in [3.63, 3.8) is 0 Å². The normalized spacial score (nSPS) is 11.5. The Balaban J connectivity index is 1.49. The number of aromatic amines is 1. The number of hydrogen-bond acceptors (Lipinski definition) is 0. The molecule has 0 fully saturated rings. The van der Waals surface area contributed by atoms with E-state index in [4.69, 9.17) is 0 Å². The highest BCUT2D eigenvalue weighted by Gasteiger charge is 2.13. The van der Waals surface area contributed by atoms with Gasteiger partial charge in [0.2, 0.25) is 0 Å². The van der Waals surface area contributed by atoms with Crippen LogP contribution in [-0.4, -0.2) is 9.55 Å². The van der Waals surface area contributed by atoms with Crippen LogP contribution in [-0.2, 0) is 0 Å². The standard InChI is InChI=1S/C30H18N2/c1-2-8-22(9-3-1)32-29-13-7-5-11-24(29)26-19-21(15-17-30(26)32)20-14-16-28-25(18-20)23-10-4-6-12-27(23)31-28/h1-5,7-11,13-19,31H. The lowest BCUT2D eigenvalue weighted by molar-refractivity contribution is 1.18. The van der Waals surface area contributed by atoms with Gasteiger partial charge < -0.3 is 9.55 Å². The summed E-state index contributed by atoms with van der Waals surface area (Å²) >= 11 is 0. The highest BCUT2D eigenvalue weighted by atomic mass is 15.0. The monoisotopic (exact) mass is 406 g/mol. The maximum atomic E-state index is 3.44. The third-order valence-corrected chi connectivity index (χ3v) is 6.39. The third-order valence-electron chi connectivity index (χ3n) is 6.39. The van der Waals surface area contributed by atoms with Crippen molar-refractivity contribution in [1.82, 2.24) is 9.55 Å². The summed E-state index contributed by atoms with van der Waals surface area (Å²) in [6.45, 7) is 0. The number of aromatic nitrogens is 2. The Morgan fingerprint density at radius 2 is 1.34 bits per heavy atom. The van der Waals surface area contributed by atoms with E-state index in [2.05, 4.69) is 119 Å². The lowest BCUT2D eigenvalue weighted by Crippen LogP contribution is -1.92. The Morgan fingerprint density at radius 1 is 0.594 bits per heavy atom. The first-order chi connectivity index (χ1) is 15.9. The van der Waals surface area contributed by atoms with Crippen LogP contribution < -0.4 is 0 Å². The molecule has 2 aromatic heterocycles. The van der Waals surface area contributed by atoms with Crippen LogP contribution >= 0.6 is 0 Å². The van der Waals surface area contributed by atoms with Crippen molar-refractivity contribution in [3.05, 3.63) is 115 Å². The Bertz CT molecular complexity index is 1770. The molecule has 7 aromatic rings. The Labute approximate surface area is 185 Å². The lowest BCUT2D eigenvalue weighted by atomic mass is 10.0. The molecular formula is C30H18N2. The molecule has 5 aromatic carbocycles. The summed E-state index contributed by atoms with van der Waals surface area (Å²) in [4.78, 5) is 3.44. The second kappa shape index (κ2) is 6.51. The van der Waals surface area contributed by atoms with Gasteiger partial charge in [0.05, 0.1) is 16.6 Å². The second-order valence-corrected chi connectivity index (χ2v) is 8.20. The molecule has 0 saturated carbocycles. The number of nitrogens with one attached hydrogen (secondary N) is 1. The SMILES string of the molecule is c1ccc2c(c#1)[nH]c1ccc(-c3ccc4c(c3)c3ccccc3n4-c3ccccc3)cc12. The summed E-state index contributed by atoms with van der Waals surface area (Å²) in [6.07, 6.45) is 0. The fourth-order valence-corrected chi connectivity index (χ4v) is 4.91. The number of H-pyrrole nitrogens is 1. The molecule has 0 saturated heterocycles. The average Bonchev–Trinajstić information content (AvgIpc) is 3.39. The van der Waals surface area contributed by atoms with Crippen molar-refractivity contribution >= 4 is 43.6 Å². The van der Waals surface area contributed by atoms with Gasteiger partial charge in [0, 0.05) is 32.7 Å². The van der Waals surface area contributed by atoms with E-state index in [9.17, 15) is 0 Å². The summed E-state index contributed by atoms with van der Waals surface area (Å²) in [6, 6.07) is 42.9. The van der Waals surface area contributed by atoms with Crippen LogP contribution in [0.2, 0.25) is 0 Å². The molecule has 0 bridgehead atoms. The fourth-order valence-electron chi connectivity index (χ4n) is 4.91. The predicted octanol–water partition coefficient (Wildman–Crippen LogP) is 7.69. The number of benzene rings is 4. The smallest absolute Gasteiger partial charge is 0.0981 e. The van der Waals surface area contributed by atoms with Crippen LogP contribution in [0, 0.1) is 12.1 Å². The van der Waals surface area contributed by atoms with Crippen molar-refractivity contribution in [2.24, 2.45) is 0 Å². The predicted molar refractivity (Wildman–Crippen MR) is 133 cm³/mol. The summed E-state index contributed by atoms with van der Waals surface area (Å²) < 4.78 is 2.35. The van der Waals surface area contributed by atoms with E-state index in [-0.39, 0.29) is 0 Å². The highest BCUT2D eigenvalue weighted by Crippen LogP contribution is 2.36. The zero-order chi connectivity index (χ0) is 21.1. The van der Waals surface area contributed by atoms with Crippen molar-refractivity contribution < 1.29 is 0 Å². The molecule has 2 heteroatoms. The second-order valence-electron chi connectivity index (χ2n) is 8.20. The van der Waals surface area contributed by atoms with Gasteiger partial charge in [-0.25, -0.2) is 0 Å². The van der Waals surface area contributed by atoms with Gasteiger partial charge in [-0.1, -0.05) is 54.6 Å². The van der Waals surface area contributed by atoms with Crippen LogP contribution in [0.4, 0.5) is 0 Å². The van der Waals surface area contributed by atoms with Gasteiger partial charge >= 0.3 is 0 Å². The molecule has 0 aliphatic heterocycles. The van der Waals surface area contributed by atoms with Gasteiger partial charge in [-0.15, -0.1) is 0 Å². The molecular weight excluding hydrogens is 388 g/mol. The summed E-state index contributed by atoms with van der Waals surface area (Å²) in [7, 11) is 0. The van der Waals surface area contributed by atoms with Crippen molar-refractivity contribution in [1.29, 1.82) is 0 Å².